The van der Waals surface area contributed by atoms with Gasteiger partial charge in [-0.15, -0.1) is 0 Å². The monoisotopic (exact) mass is 289 g/mol. The van der Waals surface area contributed by atoms with Crippen molar-refractivity contribution in [3.8, 4) is 11.5 Å². The largest absolute Gasteiger partial charge is 0.493 e. The number of carbonyl (C=O) groups is 1. The number of nitrogens with zero attached hydrogens (tertiary/aromatic N) is 1. The van der Waals surface area contributed by atoms with Gasteiger partial charge < -0.3 is 9.47 Å². The number of ether oxygens (including phenoxy) is 2. The fourth-order valence-electron chi connectivity index (χ4n) is 3.64. The predicted octanol–water partition coefficient (Wildman–Crippen LogP) is 2.60. The molecule has 1 fully saturated rings. The van der Waals surface area contributed by atoms with Crippen molar-refractivity contribution >= 4 is 5.78 Å². The Morgan fingerprint density at radius 3 is 2.62 bits per heavy atom. The zero-order valence-electron chi connectivity index (χ0n) is 13.0. The van der Waals surface area contributed by atoms with E-state index in [1.807, 2.05) is 0 Å². The van der Waals surface area contributed by atoms with E-state index in [9.17, 15) is 4.79 Å². The van der Waals surface area contributed by atoms with Gasteiger partial charge in [-0.3, -0.25) is 9.69 Å². The molecule has 4 nitrogen and oxygen atoms in total. The van der Waals surface area contributed by atoms with E-state index in [2.05, 4.69) is 24.0 Å². The van der Waals surface area contributed by atoms with E-state index in [0.717, 1.165) is 37.4 Å². The first-order valence-electron chi connectivity index (χ1n) is 7.69. The number of carbonyl (C=O) groups excluding carboxylic acids is 1. The van der Waals surface area contributed by atoms with Crippen LogP contribution in [-0.2, 0) is 11.2 Å². The summed E-state index contributed by atoms with van der Waals surface area (Å²) in [5, 5.41) is 0. The molecular formula is C17H23NO3. The summed E-state index contributed by atoms with van der Waals surface area (Å²) in [5.74, 6) is 2.14. The van der Waals surface area contributed by atoms with Gasteiger partial charge in [0.05, 0.1) is 14.2 Å². The van der Waals surface area contributed by atoms with Gasteiger partial charge in [-0.25, -0.2) is 0 Å². The van der Waals surface area contributed by atoms with Crippen LogP contribution in [0.2, 0.25) is 0 Å². The van der Waals surface area contributed by atoms with E-state index in [-0.39, 0.29) is 12.0 Å². The SMILES string of the molecule is CC[C@@H]1CN2CCc3cc(OC)c(OC)cc3[C@H]2CC1=O. The van der Waals surface area contributed by atoms with E-state index in [0.29, 0.717) is 12.2 Å². The zero-order chi connectivity index (χ0) is 15.0. The second kappa shape index (κ2) is 5.68. The fourth-order valence-corrected chi connectivity index (χ4v) is 3.64. The third-order valence-electron chi connectivity index (χ3n) is 4.91. The molecule has 0 aromatic heterocycles. The molecule has 0 spiro atoms. The quantitative estimate of drug-likeness (QED) is 0.857. The van der Waals surface area contributed by atoms with E-state index in [1.54, 1.807) is 14.2 Å². The number of piperidine rings is 1. The smallest absolute Gasteiger partial charge is 0.161 e. The Labute approximate surface area is 126 Å². The summed E-state index contributed by atoms with van der Waals surface area (Å²) in [5.41, 5.74) is 2.53. The summed E-state index contributed by atoms with van der Waals surface area (Å²) in [4.78, 5) is 14.7. The molecule has 4 heteroatoms. The minimum absolute atomic E-state index is 0.211. The van der Waals surface area contributed by atoms with E-state index < -0.39 is 0 Å². The molecule has 0 aliphatic carbocycles. The van der Waals surface area contributed by atoms with Gasteiger partial charge in [0.25, 0.3) is 0 Å². The molecule has 0 radical (unpaired) electrons. The maximum atomic E-state index is 12.3. The van der Waals surface area contributed by atoms with E-state index in [4.69, 9.17) is 9.47 Å². The van der Waals surface area contributed by atoms with Crippen molar-refractivity contribution in [1.82, 2.24) is 4.90 Å². The number of ketones is 1. The van der Waals surface area contributed by atoms with E-state index >= 15 is 0 Å². The molecule has 2 aliphatic rings. The molecule has 0 amide bonds. The molecule has 1 saturated heterocycles. The van der Waals surface area contributed by atoms with Crippen molar-refractivity contribution < 1.29 is 14.3 Å². The summed E-state index contributed by atoms with van der Waals surface area (Å²) in [6, 6.07) is 4.34. The fraction of sp³-hybridized carbons (Fsp3) is 0.588. The second-order valence-electron chi connectivity index (χ2n) is 5.94. The third kappa shape index (κ3) is 2.42. The molecular weight excluding hydrogens is 266 g/mol. The number of rotatable bonds is 3. The van der Waals surface area contributed by atoms with Crippen LogP contribution in [0.3, 0.4) is 0 Å². The number of fused-ring (bicyclic) bond motifs is 3. The Bertz CT molecular complexity index is 555. The highest BCUT2D eigenvalue weighted by Gasteiger charge is 2.37. The van der Waals surface area contributed by atoms with Gasteiger partial charge in [-0.2, -0.15) is 0 Å². The van der Waals surface area contributed by atoms with Gasteiger partial charge >= 0.3 is 0 Å². The van der Waals surface area contributed by atoms with Crippen molar-refractivity contribution in [2.24, 2.45) is 5.92 Å². The molecule has 0 bridgehead atoms. The lowest BCUT2D eigenvalue weighted by Crippen LogP contribution is -2.46. The molecule has 1 aromatic rings. The average molecular weight is 289 g/mol. The topological polar surface area (TPSA) is 38.8 Å². The Morgan fingerprint density at radius 2 is 1.95 bits per heavy atom. The number of hydrogen-bond acceptors (Lipinski definition) is 4. The predicted molar refractivity (Wildman–Crippen MR) is 81.0 cm³/mol. The lowest BCUT2D eigenvalue weighted by atomic mass is 9.82. The van der Waals surface area contributed by atoms with Crippen LogP contribution in [0.5, 0.6) is 11.5 Å². The van der Waals surface area contributed by atoms with Crippen LogP contribution in [0.25, 0.3) is 0 Å². The molecule has 3 rings (SSSR count). The van der Waals surface area contributed by atoms with Crippen molar-refractivity contribution in [1.29, 1.82) is 0 Å². The van der Waals surface area contributed by atoms with Gasteiger partial charge in [-0.1, -0.05) is 6.92 Å². The molecule has 2 atom stereocenters. The van der Waals surface area contributed by atoms with Gasteiger partial charge in [0.2, 0.25) is 0 Å². The third-order valence-corrected chi connectivity index (χ3v) is 4.91. The molecule has 114 valence electrons. The van der Waals surface area contributed by atoms with Crippen LogP contribution in [0, 0.1) is 5.92 Å². The number of methoxy groups -OCH3 is 2. The first kappa shape index (κ1) is 14.4. The Balaban J connectivity index is 1.97. The Hall–Kier alpha value is -1.55. The van der Waals surface area contributed by atoms with Crippen molar-refractivity contribution in [3.63, 3.8) is 0 Å². The molecule has 0 saturated carbocycles. The normalized spacial score (nSPS) is 25.2. The van der Waals surface area contributed by atoms with Crippen LogP contribution >= 0.6 is 0 Å². The summed E-state index contributed by atoms with van der Waals surface area (Å²) in [6.45, 7) is 4.03. The van der Waals surface area contributed by atoms with Gasteiger partial charge in [0, 0.05) is 31.5 Å². The molecule has 2 aliphatic heterocycles. The highest BCUT2D eigenvalue weighted by atomic mass is 16.5. The van der Waals surface area contributed by atoms with Crippen LogP contribution in [0.4, 0.5) is 0 Å². The van der Waals surface area contributed by atoms with Gasteiger partial charge in [-0.05, 0) is 36.1 Å². The first-order chi connectivity index (χ1) is 10.2. The van der Waals surface area contributed by atoms with Crippen LogP contribution in [0.15, 0.2) is 12.1 Å². The standard InChI is InChI=1S/C17H23NO3/c1-4-11-10-18-6-5-12-7-16(20-2)17(21-3)8-13(12)14(18)9-15(11)19/h7-8,11,14H,4-6,9-10H2,1-3H3/t11-,14-/m1/s1. The summed E-state index contributed by atoms with van der Waals surface area (Å²) >= 11 is 0. The number of hydrogen-bond donors (Lipinski definition) is 0. The zero-order valence-corrected chi connectivity index (χ0v) is 13.0. The van der Waals surface area contributed by atoms with Crippen LogP contribution in [-0.4, -0.2) is 38.0 Å². The lowest BCUT2D eigenvalue weighted by Gasteiger charge is -2.42. The summed E-state index contributed by atoms with van der Waals surface area (Å²) in [7, 11) is 3.32. The van der Waals surface area contributed by atoms with Crippen molar-refractivity contribution in [2.75, 3.05) is 27.3 Å². The van der Waals surface area contributed by atoms with Crippen molar-refractivity contribution in [3.05, 3.63) is 23.3 Å². The van der Waals surface area contributed by atoms with Gasteiger partial charge in [0.1, 0.15) is 5.78 Å². The van der Waals surface area contributed by atoms with E-state index in [1.165, 1.54) is 11.1 Å². The van der Waals surface area contributed by atoms with Crippen molar-refractivity contribution in [2.45, 2.75) is 32.2 Å². The molecule has 1 aromatic carbocycles. The van der Waals surface area contributed by atoms with Crippen LogP contribution in [0.1, 0.15) is 36.9 Å². The highest BCUT2D eigenvalue weighted by Crippen LogP contribution is 2.42. The molecule has 21 heavy (non-hydrogen) atoms. The highest BCUT2D eigenvalue weighted by molar-refractivity contribution is 5.83. The molecule has 0 N–H and O–H groups in total. The maximum absolute atomic E-state index is 12.3. The first-order valence-corrected chi connectivity index (χ1v) is 7.69. The summed E-state index contributed by atoms with van der Waals surface area (Å²) in [6.07, 6.45) is 2.58. The molecule has 2 heterocycles. The van der Waals surface area contributed by atoms with Gasteiger partial charge in [0.15, 0.2) is 11.5 Å². The lowest BCUT2D eigenvalue weighted by molar-refractivity contribution is -0.128. The van der Waals surface area contributed by atoms with Crippen LogP contribution < -0.4 is 9.47 Å². The number of benzene rings is 1. The minimum Gasteiger partial charge on any atom is -0.493 e. The number of Topliss-reactive ketones (excluding diaryl/α,β-unsaturated/α-hetero) is 1. The summed E-state index contributed by atoms with van der Waals surface area (Å²) < 4.78 is 10.8. The average Bonchev–Trinajstić information content (AvgIpc) is 2.52. The minimum atomic E-state index is 0.211. The second-order valence-corrected chi connectivity index (χ2v) is 5.94. The Morgan fingerprint density at radius 1 is 1.24 bits per heavy atom. The maximum Gasteiger partial charge on any atom is 0.161 e. The molecule has 0 unspecified atom stereocenters. The Kier molecular flexibility index (Phi) is 3.89.